The van der Waals surface area contributed by atoms with E-state index in [0.29, 0.717) is 12.3 Å². The lowest BCUT2D eigenvalue weighted by Gasteiger charge is -2.16. The number of hydrogen-bond acceptors (Lipinski definition) is 3. The molecule has 0 fully saturated rings. The fourth-order valence-corrected chi connectivity index (χ4v) is 3.09. The molecule has 3 aromatic carbocycles. The number of rotatable bonds is 4. The highest BCUT2D eigenvalue weighted by atomic mass is 16.6. The lowest BCUT2D eigenvalue weighted by atomic mass is 10.1. The molecule has 0 atom stereocenters. The zero-order valence-electron chi connectivity index (χ0n) is 14.4. The third kappa shape index (κ3) is 2.97. The second-order valence-corrected chi connectivity index (χ2v) is 6.20. The minimum atomic E-state index is -0.179. The molecule has 0 saturated carbocycles. The van der Waals surface area contributed by atoms with Crippen molar-refractivity contribution in [2.45, 2.75) is 13.5 Å². The van der Waals surface area contributed by atoms with Gasteiger partial charge in [0.1, 0.15) is 6.61 Å². The Kier molecular flexibility index (Phi) is 4.23. The molecule has 1 aliphatic heterocycles. The number of oxime groups is 1. The van der Waals surface area contributed by atoms with Gasteiger partial charge in [0, 0.05) is 11.3 Å². The van der Waals surface area contributed by atoms with Crippen LogP contribution in [0.25, 0.3) is 0 Å². The van der Waals surface area contributed by atoms with Gasteiger partial charge in [-0.05, 0) is 30.7 Å². The van der Waals surface area contributed by atoms with Crippen molar-refractivity contribution in [2.24, 2.45) is 5.16 Å². The number of benzene rings is 3. The summed E-state index contributed by atoms with van der Waals surface area (Å²) in [6.45, 7) is 2.36. The van der Waals surface area contributed by atoms with Gasteiger partial charge in [-0.25, -0.2) is 0 Å². The topological polar surface area (TPSA) is 41.9 Å². The maximum Gasteiger partial charge on any atom is 0.285 e. The van der Waals surface area contributed by atoms with Gasteiger partial charge >= 0.3 is 0 Å². The van der Waals surface area contributed by atoms with Gasteiger partial charge in [-0.15, -0.1) is 0 Å². The molecule has 1 aliphatic rings. The molecular weight excluding hydrogens is 324 g/mol. The van der Waals surface area contributed by atoms with Crippen LogP contribution in [0.3, 0.4) is 0 Å². The van der Waals surface area contributed by atoms with Gasteiger partial charge in [0.05, 0.1) is 5.69 Å². The fourth-order valence-electron chi connectivity index (χ4n) is 3.09. The van der Waals surface area contributed by atoms with Gasteiger partial charge in [-0.3, -0.25) is 9.69 Å². The summed E-state index contributed by atoms with van der Waals surface area (Å²) in [5, 5.41) is 4.17. The van der Waals surface area contributed by atoms with Crippen molar-refractivity contribution < 1.29 is 9.63 Å². The highest BCUT2D eigenvalue weighted by molar-refractivity contribution is 6.55. The average Bonchev–Trinajstić information content (AvgIpc) is 2.94. The van der Waals surface area contributed by atoms with Crippen LogP contribution in [-0.2, 0) is 16.2 Å². The van der Waals surface area contributed by atoms with E-state index >= 15 is 0 Å². The summed E-state index contributed by atoms with van der Waals surface area (Å²) in [5.74, 6) is -0.179. The van der Waals surface area contributed by atoms with Crippen molar-refractivity contribution in [2.75, 3.05) is 4.90 Å². The summed E-state index contributed by atoms with van der Waals surface area (Å²) in [4.78, 5) is 20.2. The first kappa shape index (κ1) is 16.1. The van der Waals surface area contributed by atoms with Crippen LogP contribution in [0.5, 0.6) is 0 Å². The van der Waals surface area contributed by atoms with Crippen LogP contribution in [0.4, 0.5) is 11.4 Å². The first-order valence-corrected chi connectivity index (χ1v) is 8.48. The maximum absolute atomic E-state index is 13.0. The van der Waals surface area contributed by atoms with E-state index in [1.165, 1.54) is 0 Å². The number of fused-ring (bicyclic) bond motifs is 1. The number of para-hydroxylation sites is 2. The van der Waals surface area contributed by atoms with E-state index in [1.807, 2.05) is 85.8 Å². The minimum Gasteiger partial charge on any atom is -0.390 e. The molecular formula is C22H18N2O2. The van der Waals surface area contributed by atoms with E-state index < -0.39 is 0 Å². The molecule has 0 unspecified atom stereocenters. The van der Waals surface area contributed by atoms with Crippen LogP contribution in [0.15, 0.2) is 84.0 Å². The van der Waals surface area contributed by atoms with E-state index in [0.717, 1.165) is 28.1 Å². The van der Waals surface area contributed by atoms with Crippen molar-refractivity contribution in [1.82, 2.24) is 0 Å². The second kappa shape index (κ2) is 6.84. The van der Waals surface area contributed by atoms with Gasteiger partial charge in [0.15, 0.2) is 5.71 Å². The van der Waals surface area contributed by atoms with E-state index in [1.54, 1.807) is 4.90 Å². The first-order valence-electron chi connectivity index (χ1n) is 8.48. The molecule has 0 N–H and O–H groups in total. The lowest BCUT2D eigenvalue weighted by Crippen LogP contribution is -2.25. The number of carbonyl (C=O) groups excluding carboxylic acids is 1. The van der Waals surface area contributed by atoms with Crippen molar-refractivity contribution in [3.05, 3.63) is 95.6 Å². The van der Waals surface area contributed by atoms with Gasteiger partial charge in [-0.2, -0.15) is 0 Å². The first-order chi connectivity index (χ1) is 12.7. The quantitative estimate of drug-likeness (QED) is 0.651. The lowest BCUT2D eigenvalue weighted by molar-refractivity contribution is -0.111. The van der Waals surface area contributed by atoms with Crippen molar-refractivity contribution >= 4 is 23.0 Å². The van der Waals surface area contributed by atoms with Crippen molar-refractivity contribution in [3.8, 4) is 0 Å². The Morgan fingerprint density at radius 2 is 1.69 bits per heavy atom. The predicted octanol–water partition coefficient (Wildman–Crippen LogP) is 4.59. The van der Waals surface area contributed by atoms with E-state index in [4.69, 9.17) is 4.84 Å². The largest absolute Gasteiger partial charge is 0.390 e. The monoisotopic (exact) mass is 342 g/mol. The Labute approximate surface area is 152 Å². The Balaban J connectivity index is 1.63. The molecule has 4 rings (SSSR count). The molecule has 1 heterocycles. The van der Waals surface area contributed by atoms with Crippen LogP contribution in [0.2, 0.25) is 0 Å². The van der Waals surface area contributed by atoms with E-state index in [-0.39, 0.29) is 5.91 Å². The summed E-state index contributed by atoms with van der Waals surface area (Å²) in [7, 11) is 0. The molecule has 0 spiro atoms. The Hall–Kier alpha value is -3.40. The highest BCUT2D eigenvalue weighted by Crippen LogP contribution is 2.35. The number of anilines is 2. The fraction of sp³-hybridized carbons (Fsp3) is 0.0909. The summed E-state index contributed by atoms with van der Waals surface area (Å²) < 4.78 is 0. The molecule has 0 aromatic heterocycles. The number of nitrogens with zero attached hydrogens (tertiary/aromatic N) is 2. The number of aryl methyl sites for hydroxylation is 1. The van der Waals surface area contributed by atoms with Gasteiger partial charge in [0.25, 0.3) is 5.91 Å². The number of hydrogen-bond donors (Lipinski definition) is 0. The molecule has 3 aromatic rings. The zero-order valence-corrected chi connectivity index (χ0v) is 14.4. The molecule has 26 heavy (non-hydrogen) atoms. The molecule has 0 aliphatic carbocycles. The normalized spacial score (nSPS) is 14.6. The smallest absolute Gasteiger partial charge is 0.285 e. The van der Waals surface area contributed by atoms with Crippen LogP contribution >= 0.6 is 0 Å². The highest BCUT2D eigenvalue weighted by Gasteiger charge is 2.35. The number of carbonyl (C=O) groups is 1. The standard InChI is InChI=1S/C22H18N2O2/c1-16-8-7-9-17(14-16)15-26-23-21-19-12-5-6-13-20(19)24(22(21)25)18-10-3-2-4-11-18/h2-14H,15H2,1H3/b23-21-. The summed E-state index contributed by atoms with van der Waals surface area (Å²) >= 11 is 0. The Morgan fingerprint density at radius 3 is 2.50 bits per heavy atom. The number of amides is 1. The van der Waals surface area contributed by atoms with Crippen LogP contribution < -0.4 is 4.90 Å². The molecule has 0 saturated heterocycles. The molecule has 4 nitrogen and oxygen atoms in total. The van der Waals surface area contributed by atoms with Crippen LogP contribution in [0, 0.1) is 6.92 Å². The summed E-state index contributed by atoms with van der Waals surface area (Å²) in [6, 6.07) is 25.2. The Morgan fingerprint density at radius 1 is 0.923 bits per heavy atom. The summed E-state index contributed by atoms with van der Waals surface area (Å²) in [6.07, 6.45) is 0. The Bertz CT molecular complexity index is 980. The average molecular weight is 342 g/mol. The molecule has 0 radical (unpaired) electrons. The van der Waals surface area contributed by atoms with Crippen LogP contribution in [-0.4, -0.2) is 11.6 Å². The van der Waals surface area contributed by atoms with Crippen molar-refractivity contribution in [1.29, 1.82) is 0 Å². The van der Waals surface area contributed by atoms with Gasteiger partial charge in [-0.1, -0.05) is 71.4 Å². The SMILES string of the molecule is Cc1cccc(CO/N=C2\C(=O)N(c3ccccc3)c3ccccc32)c1. The van der Waals surface area contributed by atoms with Crippen molar-refractivity contribution in [3.63, 3.8) is 0 Å². The molecule has 128 valence electrons. The van der Waals surface area contributed by atoms with E-state index in [9.17, 15) is 4.79 Å². The zero-order chi connectivity index (χ0) is 17.9. The van der Waals surface area contributed by atoms with E-state index in [2.05, 4.69) is 5.16 Å². The third-order valence-corrected chi connectivity index (χ3v) is 4.29. The molecule has 4 heteroatoms. The van der Waals surface area contributed by atoms with Crippen LogP contribution in [0.1, 0.15) is 16.7 Å². The summed E-state index contributed by atoms with van der Waals surface area (Å²) in [5.41, 5.74) is 4.93. The molecule has 1 amide bonds. The minimum absolute atomic E-state index is 0.179. The second-order valence-electron chi connectivity index (χ2n) is 6.20. The predicted molar refractivity (Wildman–Crippen MR) is 103 cm³/mol. The third-order valence-electron chi connectivity index (χ3n) is 4.29. The molecule has 0 bridgehead atoms. The van der Waals surface area contributed by atoms with Gasteiger partial charge < -0.3 is 4.84 Å². The van der Waals surface area contributed by atoms with Gasteiger partial charge in [0.2, 0.25) is 0 Å². The maximum atomic E-state index is 13.0.